The number of halogens is 1. The highest BCUT2D eigenvalue weighted by molar-refractivity contribution is 8.18. The van der Waals surface area contributed by atoms with Crippen LogP contribution in [-0.4, -0.2) is 33.1 Å². The van der Waals surface area contributed by atoms with Crippen molar-refractivity contribution >= 4 is 52.2 Å². The maximum atomic E-state index is 12.8. The van der Waals surface area contributed by atoms with Gasteiger partial charge >= 0.3 is 0 Å². The molecule has 1 fully saturated rings. The van der Waals surface area contributed by atoms with E-state index in [1.165, 1.54) is 0 Å². The van der Waals surface area contributed by atoms with E-state index in [0.717, 1.165) is 39.2 Å². The second-order valence-corrected chi connectivity index (χ2v) is 8.82. The fourth-order valence-electron chi connectivity index (χ4n) is 3.28. The van der Waals surface area contributed by atoms with Crippen molar-refractivity contribution in [2.75, 3.05) is 11.9 Å². The number of imide groups is 1. The van der Waals surface area contributed by atoms with E-state index < -0.39 is 17.1 Å². The molecule has 3 aromatic rings. The SMILES string of the molecule is Cc1ccc(NC(=O)CN2C(=O)S/C(=C/c3cccn3-c3ccc(Cl)cc3)C2=O)cc1C. The van der Waals surface area contributed by atoms with Crippen LogP contribution in [0, 0.1) is 13.8 Å². The molecule has 3 amide bonds. The first-order valence-corrected chi connectivity index (χ1v) is 11.1. The van der Waals surface area contributed by atoms with E-state index in [0.29, 0.717) is 10.7 Å². The lowest BCUT2D eigenvalue weighted by Gasteiger charge is -2.13. The van der Waals surface area contributed by atoms with Gasteiger partial charge in [0.25, 0.3) is 11.1 Å². The molecule has 1 saturated heterocycles. The molecule has 8 heteroatoms. The van der Waals surface area contributed by atoms with Gasteiger partial charge in [-0.25, -0.2) is 0 Å². The van der Waals surface area contributed by atoms with Crippen LogP contribution < -0.4 is 5.32 Å². The van der Waals surface area contributed by atoms with E-state index >= 15 is 0 Å². The molecule has 0 spiro atoms. The minimum atomic E-state index is -0.487. The largest absolute Gasteiger partial charge is 0.325 e. The molecule has 0 bridgehead atoms. The molecule has 1 aromatic heterocycles. The van der Waals surface area contributed by atoms with Crippen LogP contribution in [0.1, 0.15) is 16.8 Å². The Bertz CT molecular complexity index is 1250. The van der Waals surface area contributed by atoms with E-state index in [2.05, 4.69) is 5.32 Å². The second kappa shape index (κ2) is 9.06. The van der Waals surface area contributed by atoms with E-state index in [9.17, 15) is 14.4 Å². The monoisotopic (exact) mass is 465 g/mol. The molecule has 6 nitrogen and oxygen atoms in total. The number of carbonyl (C=O) groups is 3. The molecule has 0 unspecified atom stereocenters. The number of rotatable bonds is 5. The van der Waals surface area contributed by atoms with Gasteiger partial charge < -0.3 is 9.88 Å². The van der Waals surface area contributed by atoms with Crippen LogP contribution in [0.4, 0.5) is 10.5 Å². The summed E-state index contributed by atoms with van der Waals surface area (Å²) in [6.45, 7) is 3.59. The summed E-state index contributed by atoms with van der Waals surface area (Å²) in [6, 6.07) is 16.5. The van der Waals surface area contributed by atoms with Gasteiger partial charge in [-0.05, 0) is 91.3 Å². The van der Waals surface area contributed by atoms with Crippen LogP contribution in [0.2, 0.25) is 5.02 Å². The maximum Gasteiger partial charge on any atom is 0.294 e. The number of amides is 3. The van der Waals surface area contributed by atoms with Crippen molar-refractivity contribution in [3.63, 3.8) is 0 Å². The maximum absolute atomic E-state index is 12.8. The van der Waals surface area contributed by atoms with Crippen molar-refractivity contribution in [2.24, 2.45) is 0 Å². The predicted molar refractivity (Wildman–Crippen MR) is 128 cm³/mol. The fourth-order valence-corrected chi connectivity index (χ4v) is 4.23. The summed E-state index contributed by atoms with van der Waals surface area (Å²) >= 11 is 6.79. The van der Waals surface area contributed by atoms with E-state index in [1.54, 1.807) is 24.3 Å². The molecule has 2 aromatic carbocycles. The zero-order chi connectivity index (χ0) is 22.8. The molecular formula is C24H20ClN3O3S. The third-order valence-electron chi connectivity index (χ3n) is 5.13. The van der Waals surface area contributed by atoms with Crippen molar-refractivity contribution in [3.05, 3.63) is 87.5 Å². The highest BCUT2D eigenvalue weighted by atomic mass is 35.5. The lowest BCUT2D eigenvalue weighted by atomic mass is 10.1. The smallest absolute Gasteiger partial charge is 0.294 e. The van der Waals surface area contributed by atoms with Crippen LogP contribution in [0.5, 0.6) is 0 Å². The quantitative estimate of drug-likeness (QED) is 0.510. The molecule has 4 rings (SSSR count). The van der Waals surface area contributed by atoms with Gasteiger partial charge in [-0.3, -0.25) is 19.3 Å². The number of hydrogen-bond donors (Lipinski definition) is 1. The number of aromatic nitrogens is 1. The summed E-state index contributed by atoms with van der Waals surface area (Å²) < 4.78 is 1.89. The number of nitrogens with one attached hydrogen (secondary N) is 1. The van der Waals surface area contributed by atoms with Crippen molar-refractivity contribution in [1.82, 2.24) is 9.47 Å². The molecule has 0 atom stereocenters. The Morgan fingerprint density at radius 1 is 1.06 bits per heavy atom. The molecule has 1 aliphatic heterocycles. The molecule has 0 aliphatic carbocycles. The van der Waals surface area contributed by atoms with Gasteiger partial charge in [0.2, 0.25) is 5.91 Å². The van der Waals surface area contributed by atoms with Crippen molar-refractivity contribution < 1.29 is 14.4 Å². The number of hydrogen-bond acceptors (Lipinski definition) is 4. The third kappa shape index (κ3) is 4.64. The van der Waals surface area contributed by atoms with Gasteiger partial charge in [0.05, 0.1) is 4.91 Å². The first-order valence-electron chi connectivity index (χ1n) is 9.87. The van der Waals surface area contributed by atoms with Crippen molar-refractivity contribution in [3.8, 4) is 5.69 Å². The van der Waals surface area contributed by atoms with Crippen LogP contribution in [0.25, 0.3) is 11.8 Å². The lowest BCUT2D eigenvalue weighted by molar-refractivity contribution is -0.127. The minimum absolute atomic E-state index is 0.267. The Kier molecular flexibility index (Phi) is 6.21. The highest BCUT2D eigenvalue weighted by Gasteiger charge is 2.36. The number of benzene rings is 2. The number of anilines is 1. The molecular weight excluding hydrogens is 446 g/mol. The van der Waals surface area contributed by atoms with Gasteiger partial charge in [-0.2, -0.15) is 0 Å². The highest BCUT2D eigenvalue weighted by Crippen LogP contribution is 2.32. The zero-order valence-corrected chi connectivity index (χ0v) is 19.0. The normalized spacial score (nSPS) is 15.0. The average molecular weight is 466 g/mol. The molecule has 0 saturated carbocycles. The van der Waals surface area contributed by atoms with Gasteiger partial charge in [0.15, 0.2) is 0 Å². The summed E-state index contributed by atoms with van der Waals surface area (Å²) in [5.74, 6) is -0.916. The molecule has 0 radical (unpaired) electrons. The Hall–Kier alpha value is -3.29. The van der Waals surface area contributed by atoms with Gasteiger partial charge in [0, 0.05) is 28.3 Å². The topological polar surface area (TPSA) is 71.4 Å². The summed E-state index contributed by atoms with van der Waals surface area (Å²) in [5.41, 5.74) is 4.39. The number of carbonyl (C=O) groups excluding carboxylic acids is 3. The fraction of sp³-hybridized carbons (Fsp3) is 0.125. The summed E-state index contributed by atoms with van der Waals surface area (Å²) in [6.07, 6.45) is 3.51. The van der Waals surface area contributed by atoms with Crippen LogP contribution in [0.15, 0.2) is 65.7 Å². The Labute approximate surface area is 194 Å². The first-order chi connectivity index (χ1) is 15.3. The summed E-state index contributed by atoms with van der Waals surface area (Å²) in [5, 5.41) is 2.90. The average Bonchev–Trinajstić information content (AvgIpc) is 3.31. The van der Waals surface area contributed by atoms with Crippen LogP contribution in [0.3, 0.4) is 0 Å². The van der Waals surface area contributed by atoms with Crippen LogP contribution >= 0.6 is 23.4 Å². The molecule has 2 heterocycles. The third-order valence-corrected chi connectivity index (χ3v) is 6.29. The van der Waals surface area contributed by atoms with Gasteiger partial charge in [-0.15, -0.1) is 0 Å². The summed E-state index contributed by atoms with van der Waals surface area (Å²) in [4.78, 5) is 38.9. The van der Waals surface area contributed by atoms with Crippen LogP contribution in [-0.2, 0) is 9.59 Å². The minimum Gasteiger partial charge on any atom is -0.325 e. The summed E-state index contributed by atoms with van der Waals surface area (Å²) in [7, 11) is 0. The standard InChI is InChI=1S/C24H20ClN3O3S/c1-15-5-8-18(12-16(15)2)26-22(29)14-28-23(30)21(32-24(28)31)13-20-4-3-11-27(20)19-9-6-17(25)7-10-19/h3-13H,14H2,1-2H3,(H,26,29)/b21-13+. The first kappa shape index (κ1) is 21.9. The van der Waals surface area contributed by atoms with Crippen molar-refractivity contribution in [2.45, 2.75) is 13.8 Å². The Morgan fingerprint density at radius 3 is 2.53 bits per heavy atom. The number of nitrogens with zero attached hydrogens (tertiary/aromatic N) is 2. The van der Waals surface area contributed by atoms with E-state index in [4.69, 9.17) is 11.6 Å². The Balaban J connectivity index is 1.49. The Morgan fingerprint density at radius 2 is 1.81 bits per heavy atom. The zero-order valence-electron chi connectivity index (χ0n) is 17.5. The van der Waals surface area contributed by atoms with E-state index in [-0.39, 0.29) is 11.4 Å². The van der Waals surface area contributed by atoms with Gasteiger partial charge in [-0.1, -0.05) is 17.7 Å². The lowest BCUT2D eigenvalue weighted by Crippen LogP contribution is -2.36. The molecule has 32 heavy (non-hydrogen) atoms. The van der Waals surface area contributed by atoms with Gasteiger partial charge in [0.1, 0.15) is 6.54 Å². The predicted octanol–water partition coefficient (Wildman–Crippen LogP) is 5.42. The number of aryl methyl sites for hydroxylation is 2. The van der Waals surface area contributed by atoms with Crippen molar-refractivity contribution in [1.29, 1.82) is 0 Å². The molecule has 162 valence electrons. The second-order valence-electron chi connectivity index (χ2n) is 7.39. The molecule has 1 aliphatic rings. The number of thioether (sulfide) groups is 1. The van der Waals surface area contributed by atoms with E-state index in [1.807, 2.05) is 61.0 Å². The molecule has 1 N–H and O–H groups in total.